The number of hydrogen-bond donors (Lipinski definition) is 1. The summed E-state index contributed by atoms with van der Waals surface area (Å²) in [4.78, 5) is 12.0. The number of benzene rings is 2. The summed E-state index contributed by atoms with van der Waals surface area (Å²) in [6.45, 7) is 2.35. The van der Waals surface area contributed by atoms with Crippen molar-refractivity contribution >= 4 is 21.8 Å². The monoisotopic (exact) mass is 391 g/mol. The number of hydrogen-bond acceptors (Lipinski definition) is 3. The van der Waals surface area contributed by atoms with Gasteiger partial charge in [-0.2, -0.15) is 0 Å². The maximum Gasteiger partial charge on any atom is 0.223 e. The smallest absolute Gasteiger partial charge is 0.223 e. The third kappa shape index (κ3) is 6.24. The molecular weight excluding hydrogens is 370 g/mol. The van der Waals surface area contributed by atoms with Gasteiger partial charge in [0.1, 0.15) is 11.5 Å². The molecule has 0 saturated carbocycles. The van der Waals surface area contributed by atoms with Crippen LogP contribution >= 0.6 is 15.9 Å². The van der Waals surface area contributed by atoms with Crippen LogP contribution in [0.2, 0.25) is 0 Å². The molecule has 0 radical (unpaired) electrons. The summed E-state index contributed by atoms with van der Waals surface area (Å²) in [6, 6.07) is 15.5. The van der Waals surface area contributed by atoms with E-state index >= 15 is 0 Å². The zero-order valence-corrected chi connectivity index (χ0v) is 15.5. The lowest BCUT2D eigenvalue weighted by Gasteiger charge is -2.15. The van der Waals surface area contributed by atoms with E-state index in [1.165, 1.54) is 0 Å². The van der Waals surface area contributed by atoms with Crippen molar-refractivity contribution in [2.24, 2.45) is 0 Å². The first-order valence-corrected chi connectivity index (χ1v) is 8.67. The molecule has 0 aliphatic rings. The van der Waals surface area contributed by atoms with E-state index in [1.807, 2.05) is 55.5 Å². The van der Waals surface area contributed by atoms with Crippen molar-refractivity contribution in [1.29, 1.82) is 0 Å². The van der Waals surface area contributed by atoms with Crippen LogP contribution in [0.3, 0.4) is 0 Å². The Kier molecular flexibility index (Phi) is 7.12. The Morgan fingerprint density at radius 3 is 2.67 bits per heavy atom. The predicted molar refractivity (Wildman–Crippen MR) is 98.6 cm³/mol. The summed E-state index contributed by atoms with van der Waals surface area (Å²) in [7, 11) is 1.65. The van der Waals surface area contributed by atoms with E-state index in [2.05, 4.69) is 21.2 Å². The highest BCUT2D eigenvalue weighted by atomic mass is 79.9. The van der Waals surface area contributed by atoms with Gasteiger partial charge in [0.05, 0.1) is 20.1 Å². The predicted octanol–water partition coefficient (Wildman–Crippen LogP) is 3.97. The molecule has 128 valence electrons. The highest BCUT2D eigenvalue weighted by Crippen LogP contribution is 2.18. The number of halogens is 1. The van der Waals surface area contributed by atoms with Gasteiger partial charge >= 0.3 is 0 Å². The van der Waals surface area contributed by atoms with Gasteiger partial charge in [0.15, 0.2) is 0 Å². The van der Waals surface area contributed by atoms with Crippen molar-refractivity contribution in [2.45, 2.75) is 25.8 Å². The average Bonchev–Trinajstić information content (AvgIpc) is 2.55. The molecule has 0 spiro atoms. The minimum absolute atomic E-state index is 0.0135. The fourth-order valence-corrected chi connectivity index (χ4v) is 2.75. The summed E-state index contributed by atoms with van der Waals surface area (Å²) in [5.41, 5.74) is 1.13. The van der Waals surface area contributed by atoms with E-state index in [-0.39, 0.29) is 11.9 Å². The highest BCUT2D eigenvalue weighted by Gasteiger charge is 2.09. The van der Waals surface area contributed by atoms with Crippen LogP contribution in [0.1, 0.15) is 18.9 Å². The molecule has 0 aliphatic carbocycles. The number of amides is 1. The van der Waals surface area contributed by atoms with Crippen LogP contribution in [-0.4, -0.2) is 25.7 Å². The molecule has 2 aromatic carbocycles. The minimum atomic E-state index is -0.0135. The number of carbonyl (C=O) groups excluding carboxylic acids is 1. The normalized spacial score (nSPS) is 11.6. The van der Waals surface area contributed by atoms with Gasteiger partial charge in [0, 0.05) is 10.5 Å². The van der Waals surface area contributed by atoms with Gasteiger partial charge in [-0.05, 0) is 49.2 Å². The Morgan fingerprint density at radius 2 is 1.92 bits per heavy atom. The van der Waals surface area contributed by atoms with E-state index in [0.717, 1.165) is 28.0 Å². The van der Waals surface area contributed by atoms with Crippen LogP contribution in [-0.2, 0) is 11.2 Å². The summed E-state index contributed by atoms with van der Waals surface area (Å²) < 4.78 is 11.7. The van der Waals surface area contributed by atoms with Crippen molar-refractivity contribution in [3.05, 3.63) is 58.6 Å². The molecule has 0 aromatic heterocycles. The first kappa shape index (κ1) is 18.3. The largest absolute Gasteiger partial charge is 0.497 e. The average molecular weight is 392 g/mol. The Bertz CT molecular complexity index is 675. The van der Waals surface area contributed by atoms with Crippen LogP contribution in [0.5, 0.6) is 11.5 Å². The van der Waals surface area contributed by atoms with E-state index in [0.29, 0.717) is 13.0 Å². The molecule has 1 atom stereocenters. The van der Waals surface area contributed by atoms with Crippen LogP contribution in [0.4, 0.5) is 0 Å². The molecule has 1 amide bonds. The van der Waals surface area contributed by atoms with Crippen molar-refractivity contribution in [1.82, 2.24) is 5.32 Å². The topological polar surface area (TPSA) is 47.6 Å². The number of carbonyl (C=O) groups is 1. The lowest BCUT2D eigenvalue weighted by atomic mass is 10.1. The molecular formula is C19H22BrNO3. The molecule has 0 aliphatic heterocycles. The second-order valence-corrected chi connectivity index (χ2v) is 6.50. The summed E-state index contributed by atoms with van der Waals surface area (Å²) in [5.74, 6) is 1.57. The van der Waals surface area contributed by atoms with Gasteiger partial charge in [-0.3, -0.25) is 4.79 Å². The van der Waals surface area contributed by atoms with Gasteiger partial charge in [0.25, 0.3) is 0 Å². The van der Waals surface area contributed by atoms with Gasteiger partial charge in [-0.1, -0.05) is 34.1 Å². The second-order valence-electron chi connectivity index (χ2n) is 5.58. The van der Waals surface area contributed by atoms with Crippen molar-refractivity contribution in [2.75, 3.05) is 13.7 Å². The Labute approximate surface area is 151 Å². The van der Waals surface area contributed by atoms with Crippen LogP contribution in [0.15, 0.2) is 53.0 Å². The lowest BCUT2D eigenvalue weighted by Crippen LogP contribution is -2.34. The SMILES string of the molecule is COc1cccc(CC(C)NC(=O)CCOc2cccc(Br)c2)c1. The zero-order chi connectivity index (χ0) is 17.4. The lowest BCUT2D eigenvalue weighted by molar-refractivity contribution is -0.122. The maximum absolute atomic E-state index is 12.0. The van der Waals surface area contributed by atoms with Crippen molar-refractivity contribution < 1.29 is 14.3 Å². The standard InChI is InChI=1S/C19H22BrNO3/c1-14(11-15-5-3-7-17(12-15)23-2)21-19(22)9-10-24-18-8-4-6-16(20)13-18/h3-8,12-14H,9-11H2,1-2H3,(H,21,22). The van der Waals surface area contributed by atoms with Gasteiger partial charge in [0.2, 0.25) is 5.91 Å². The highest BCUT2D eigenvalue weighted by molar-refractivity contribution is 9.10. The Morgan fingerprint density at radius 1 is 1.17 bits per heavy atom. The van der Waals surface area contributed by atoms with E-state index < -0.39 is 0 Å². The molecule has 5 heteroatoms. The van der Waals surface area contributed by atoms with E-state index in [4.69, 9.17) is 9.47 Å². The first-order valence-electron chi connectivity index (χ1n) is 7.87. The van der Waals surface area contributed by atoms with Gasteiger partial charge in [-0.25, -0.2) is 0 Å². The molecule has 2 aromatic rings. The van der Waals surface area contributed by atoms with Crippen LogP contribution in [0.25, 0.3) is 0 Å². The number of nitrogens with one attached hydrogen (secondary N) is 1. The van der Waals surface area contributed by atoms with Crippen molar-refractivity contribution in [3.63, 3.8) is 0 Å². The second kappa shape index (κ2) is 9.33. The van der Waals surface area contributed by atoms with Crippen molar-refractivity contribution in [3.8, 4) is 11.5 Å². The molecule has 0 saturated heterocycles. The fraction of sp³-hybridized carbons (Fsp3) is 0.316. The number of rotatable bonds is 8. The summed E-state index contributed by atoms with van der Waals surface area (Å²) >= 11 is 3.39. The molecule has 2 rings (SSSR count). The molecule has 4 nitrogen and oxygen atoms in total. The molecule has 24 heavy (non-hydrogen) atoms. The molecule has 0 bridgehead atoms. The van der Waals surface area contributed by atoms with Crippen LogP contribution in [0, 0.1) is 0 Å². The van der Waals surface area contributed by atoms with Gasteiger partial charge in [-0.15, -0.1) is 0 Å². The summed E-state index contributed by atoms with van der Waals surface area (Å²) in [6.07, 6.45) is 1.09. The van der Waals surface area contributed by atoms with E-state index in [1.54, 1.807) is 7.11 Å². The molecule has 1 N–H and O–H groups in total. The van der Waals surface area contributed by atoms with Gasteiger partial charge < -0.3 is 14.8 Å². The fourth-order valence-electron chi connectivity index (χ4n) is 2.37. The maximum atomic E-state index is 12.0. The van der Waals surface area contributed by atoms with E-state index in [9.17, 15) is 4.79 Å². The zero-order valence-electron chi connectivity index (χ0n) is 13.9. The number of ether oxygens (including phenoxy) is 2. The Hall–Kier alpha value is -2.01. The Balaban J connectivity index is 1.73. The molecule has 0 fully saturated rings. The minimum Gasteiger partial charge on any atom is -0.497 e. The molecule has 1 unspecified atom stereocenters. The third-order valence-electron chi connectivity index (χ3n) is 3.48. The van der Waals surface area contributed by atoms with Crippen LogP contribution < -0.4 is 14.8 Å². The third-order valence-corrected chi connectivity index (χ3v) is 3.97. The first-order chi connectivity index (χ1) is 11.6. The number of methoxy groups -OCH3 is 1. The quantitative estimate of drug-likeness (QED) is 0.740. The summed E-state index contributed by atoms with van der Waals surface area (Å²) in [5, 5.41) is 2.99. The molecule has 0 heterocycles.